The number of hydrogen-bond donors (Lipinski definition) is 0. The number of ether oxygens (including phenoxy) is 1. The summed E-state index contributed by atoms with van der Waals surface area (Å²) >= 11 is 1.49. The van der Waals surface area contributed by atoms with Crippen molar-refractivity contribution in [3.63, 3.8) is 0 Å². The summed E-state index contributed by atoms with van der Waals surface area (Å²) in [7, 11) is 0. The van der Waals surface area contributed by atoms with Crippen molar-refractivity contribution < 1.29 is 13.9 Å². The van der Waals surface area contributed by atoms with Gasteiger partial charge in [0.05, 0.1) is 17.1 Å². The Balaban J connectivity index is 1.38. The first-order chi connectivity index (χ1) is 17.0. The normalized spacial score (nSPS) is 17.6. The van der Waals surface area contributed by atoms with Crippen molar-refractivity contribution in [2.24, 2.45) is 0 Å². The van der Waals surface area contributed by atoms with Gasteiger partial charge in [-0.2, -0.15) is 5.10 Å². The zero-order chi connectivity index (χ0) is 24.1. The Morgan fingerprint density at radius 3 is 2.91 bits per heavy atom. The summed E-state index contributed by atoms with van der Waals surface area (Å²) in [6.07, 6.45) is 5.20. The first-order valence-electron chi connectivity index (χ1n) is 12.0. The van der Waals surface area contributed by atoms with Gasteiger partial charge in [0.2, 0.25) is 4.96 Å². The standard InChI is InChI=1S/C26H26FN5O2S/c1-3-20-22(5-4-11-28-20)34-14-23(33)31-12-10-21-25(32-26(29-21)35-15(2)30-32)24(31)18-9-8-17(13-19(18)27)16-6-7-16/h4-5,8-9,11,13,16,24H,3,6-7,10,12,14H2,1-2H3. The number of rotatable bonds is 6. The molecule has 1 amide bonds. The van der Waals surface area contributed by atoms with Gasteiger partial charge in [0.1, 0.15) is 22.6 Å². The van der Waals surface area contributed by atoms with Crippen molar-refractivity contribution >= 4 is 22.2 Å². The second-order valence-electron chi connectivity index (χ2n) is 9.14. The summed E-state index contributed by atoms with van der Waals surface area (Å²) in [5, 5.41) is 5.50. The van der Waals surface area contributed by atoms with Crippen molar-refractivity contribution in [1.29, 1.82) is 0 Å². The van der Waals surface area contributed by atoms with Crippen LogP contribution in [0.2, 0.25) is 0 Å². The molecule has 6 rings (SSSR count). The molecule has 2 aliphatic rings. The number of aromatic nitrogens is 4. The lowest BCUT2D eigenvalue weighted by atomic mass is 9.93. The molecule has 4 aromatic rings. The molecule has 9 heteroatoms. The molecule has 7 nitrogen and oxygen atoms in total. The lowest BCUT2D eigenvalue weighted by Gasteiger charge is -2.35. The average Bonchev–Trinajstić information content (AvgIpc) is 3.57. The van der Waals surface area contributed by atoms with Gasteiger partial charge >= 0.3 is 0 Å². The van der Waals surface area contributed by atoms with Crippen LogP contribution >= 0.6 is 11.3 Å². The second kappa shape index (κ2) is 8.71. The molecule has 1 saturated carbocycles. The first kappa shape index (κ1) is 22.2. The van der Waals surface area contributed by atoms with Gasteiger partial charge in [-0.1, -0.05) is 30.4 Å². The Kier molecular flexibility index (Phi) is 5.51. The number of carbonyl (C=O) groups is 1. The molecule has 3 aromatic heterocycles. The number of benzene rings is 1. The minimum absolute atomic E-state index is 0.148. The third kappa shape index (κ3) is 3.97. The van der Waals surface area contributed by atoms with Crippen LogP contribution in [0.5, 0.6) is 5.75 Å². The van der Waals surface area contributed by atoms with E-state index >= 15 is 4.39 Å². The fourth-order valence-electron chi connectivity index (χ4n) is 4.92. The highest BCUT2D eigenvalue weighted by atomic mass is 32.1. The number of pyridine rings is 1. The fourth-order valence-corrected chi connectivity index (χ4v) is 5.69. The summed E-state index contributed by atoms with van der Waals surface area (Å²) in [5.41, 5.74) is 3.92. The molecule has 0 radical (unpaired) electrons. The lowest BCUT2D eigenvalue weighted by Crippen LogP contribution is -2.43. The van der Waals surface area contributed by atoms with E-state index in [1.54, 1.807) is 27.7 Å². The molecule has 1 fully saturated rings. The van der Waals surface area contributed by atoms with Gasteiger partial charge in [-0.05, 0) is 55.9 Å². The minimum atomic E-state index is -0.626. The molecule has 1 atom stereocenters. The van der Waals surface area contributed by atoms with Crippen LogP contribution in [-0.4, -0.2) is 43.5 Å². The van der Waals surface area contributed by atoms with Crippen LogP contribution < -0.4 is 4.74 Å². The molecule has 35 heavy (non-hydrogen) atoms. The van der Waals surface area contributed by atoms with Gasteiger partial charge in [-0.25, -0.2) is 13.9 Å². The molecule has 1 unspecified atom stereocenters. The van der Waals surface area contributed by atoms with Crippen LogP contribution in [0.1, 0.15) is 64.9 Å². The Morgan fingerprint density at radius 1 is 1.29 bits per heavy atom. The van der Waals surface area contributed by atoms with Crippen molar-refractivity contribution in [2.45, 2.75) is 51.5 Å². The van der Waals surface area contributed by atoms with Crippen LogP contribution in [0.3, 0.4) is 0 Å². The number of nitrogens with zero attached hydrogens (tertiary/aromatic N) is 5. The molecule has 4 heterocycles. The average molecular weight is 492 g/mol. The smallest absolute Gasteiger partial charge is 0.261 e. The van der Waals surface area contributed by atoms with Crippen molar-refractivity contribution in [2.75, 3.05) is 13.2 Å². The summed E-state index contributed by atoms with van der Waals surface area (Å²) in [4.78, 5) is 25.1. The van der Waals surface area contributed by atoms with E-state index in [0.29, 0.717) is 36.6 Å². The first-order valence-corrected chi connectivity index (χ1v) is 12.9. The van der Waals surface area contributed by atoms with E-state index in [9.17, 15) is 4.79 Å². The van der Waals surface area contributed by atoms with Gasteiger partial charge in [-0.15, -0.1) is 0 Å². The Morgan fingerprint density at radius 2 is 2.14 bits per heavy atom. The fraction of sp³-hybridized carbons (Fsp3) is 0.385. The molecule has 1 aliphatic carbocycles. The predicted octanol–water partition coefficient (Wildman–Crippen LogP) is 4.63. The van der Waals surface area contributed by atoms with E-state index in [1.165, 1.54) is 11.3 Å². The minimum Gasteiger partial charge on any atom is -0.482 e. The van der Waals surface area contributed by atoms with E-state index in [2.05, 4.69) is 10.1 Å². The highest BCUT2D eigenvalue weighted by Crippen LogP contribution is 2.43. The van der Waals surface area contributed by atoms with Crippen LogP contribution in [0, 0.1) is 12.7 Å². The van der Waals surface area contributed by atoms with Crippen LogP contribution in [0.25, 0.3) is 4.96 Å². The van der Waals surface area contributed by atoms with Gasteiger partial charge in [0.15, 0.2) is 6.61 Å². The highest BCUT2D eigenvalue weighted by Gasteiger charge is 2.38. The molecule has 0 bridgehead atoms. The zero-order valence-electron chi connectivity index (χ0n) is 19.7. The third-order valence-electron chi connectivity index (χ3n) is 6.80. The van der Waals surface area contributed by atoms with Crippen LogP contribution in [0.4, 0.5) is 4.39 Å². The Hall–Kier alpha value is -3.33. The maximum absolute atomic E-state index is 15.6. The van der Waals surface area contributed by atoms with Crippen molar-refractivity contribution in [3.05, 3.63) is 75.6 Å². The quantitative estimate of drug-likeness (QED) is 0.393. The van der Waals surface area contributed by atoms with E-state index in [0.717, 1.165) is 45.5 Å². The molecule has 1 aliphatic heterocycles. The van der Waals surface area contributed by atoms with E-state index < -0.39 is 6.04 Å². The number of carbonyl (C=O) groups excluding carboxylic acids is 1. The largest absolute Gasteiger partial charge is 0.482 e. The Labute approximate surface area is 206 Å². The highest BCUT2D eigenvalue weighted by molar-refractivity contribution is 7.16. The number of hydrogen-bond acceptors (Lipinski definition) is 6. The molecular weight excluding hydrogens is 465 g/mol. The van der Waals surface area contributed by atoms with Crippen LogP contribution in [-0.2, 0) is 17.6 Å². The van der Waals surface area contributed by atoms with Crippen LogP contribution in [0.15, 0.2) is 36.5 Å². The van der Waals surface area contributed by atoms with E-state index in [1.807, 2.05) is 32.0 Å². The van der Waals surface area contributed by atoms with Gasteiger partial charge in [-0.3, -0.25) is 9.78 Å². The number of halogens is 1. The topological polar surface area (TPSA) is 72.6 Å². The molecule has 0 spiro atoms. The summed E-state index contributed by atoms with van der Waals surface area (Å²) in [6, 6.07) is 8.45. The van der Waals surface area contributed by atoms with E-state index in [-0.39, 0.29) is 18.3 Å². The summed E-state index contributed by atoms with van der Waals surface area (Å²) < 4.78 is 23.3. The van der Waals surface area contributed by atoms with Gasteiger partial charge in [0.25, 0.3) is 5.91 Å². The molecule has 0 saturated heterocycles. The zero-order valence-corrected chi connectivity index (χ0v) is 20.5. The number of amides is 1. The molecule has 180 valence electrons. The van der Waals surface area contributed by atoms with E-state index in [4.69, 9.17) is 9.72 Å². The van der Waals surface area contributed by atoms with Crippen molar-refractivity contribution in [1.82, 2.24) is 24.5 Å². The number of imidazole rings is 1. The maximum atomic E-state index is 15.6. The molecule has 1 aromatic carbocycles. The third-order valence-corrected chi connectivity index (χ3v) is 7.62. The van der Waals surface area contributed by atoms with Gasteiger partial charge < -0.3 is 9.64 Å². The molecule has 0 N–H and O–H groups in total. The summed E-state index contributed by atoms with van der Waals surface area (Å²) in [6.45, 7) is 4.20. The SMILES string of the molecule is CCc1ncccc1OCC(=O)N1CCc2nc3sc(C)nn3c2C1c1ccc(C2CC2)cc1F. The van der Waals surface area contributed by atoms with Crippen molar-refractivity contribution in [3.8, 4) is 5.75 Å². The summed E-state index contributed by atoms with van der Waals surface area (Å²) in [5.74, 6) is 0.536. The maximum Gasteiger partial charge on any atom is 0.261 e. The second-order valence-corrected chi connectivity index (χ2v) is 10.3. The Bertz CT molecular complexity index is 1430. The van der Waals surface area contributed by atoms with Gasteiger partial charge in [0, 0.05) is 24.7 Å². The lowest BCUT2D eigenvalue weighted by molar-refractivity contribution is -0.135. The number of aryl methyl sites for hydroxylation is 2. The number of fused-ring (bicyclic) bond motifs is 3. The molecular formula is C26H26FN5O2S. The predicted molar refractivity (Wildman–Crippen MR) is 130 cm³/mol. The monoisotopic (exact) mass is 491 g/mol.